The zero-order chi connectivity index (χ0) is 20.5. The smallest absolute Gasteiger partial charge is 0.311 e. The van der Waals surface area contributed by atoms with Gasteiger partial charge >= 0.3 is 5.97 Å². The first kappa shape index (κ1) is 20.3. The van der Waals surface area contributed by atoms with Gasteiger partial charge in [-0.3, -0.25) is 4.79 Å². The van der Waals surface area contributed by atoms with Crippen LogP contribution in [0, 0.1) is 0 Å². The van der Waals surface area contributed by atoms with Gasteiger partial charge < -0.3 is 18.9 Å². The number of methoxy groups -OCH3 is 2. The first-order chi connectivity index (χ1) is 14.2. The molecule has 3 aromatic carbocycles. The molecule has 0 aromatic heterocycles. The zero-order valence-corrected chi connectivity index (χ0v) is 16.6. The van der Waals surface area contributed by atoms with E-state index in [1.165, 1.54) is 0 Å². The molecule has 0 radical (unpaired) electrons. The number of benzene rings is 3. The molecule has 5 nitrogen and oxygen atoms in total. The molecule has 0 unspecified atom stereocenters. The Kier molecular flexibility index (Phi) is 7.11. The van der Waals surface area contributed by atoms with E-state index < -0.39 is 0 Å². The van der Waals surface area contributed by atoms with Crippen LogP contribution in [0.5, 0.6) is 23.0 Å². The summed E-state index contributed by atoms with van der Waals surface area (Å²) >= 11 is 0. The molecule has 0 atom stereocenters. The molecule has 3 aromatic rings. The molecule has 0 saturated heterocycles. The van der Waals surface area contributed by atoms with Gasteiger partial charge in [0, 0.05) is 0 Å². The van der Waals surface area contributed by atoms with Crippen LogP contribution >= 0.6 is 0 Å². The van der Waals surface area contributed by atoms with Gasteiger partial charge in [0.2, 0.25) is 0 Å². The summed E-state index contributed by atoms with van der Waals surface area (Å²) in [6.45, 7) is 0.488. The Hall–Kier alpha value is -3.47. The first-order valence-electron chi connectivity index (χ1n) is 9.37. The number of rotatable bonds is 9. The number of aryl methyl sites for hydroxylation is 1. The van der Waals surface area contributed by atoms with Crippen molar-refractivity contribution in [3.05, 3.63) is 83.9 Å². The predicted octanol–water partition coefficient (Wildman–Crippen LogP) is 4.82. The fraction of sp³-hybridized carbons (Fsp3) is 0.208. The monoisotopic (exact) mass is 392 g/mol. The van der Waals surface area contributed by atoms with Gasteiger partial charge in [0.15, 0.2) is 11.5 Å². The van der Waals surface area contributed by atoms with Gasteiger partial charge in [-0.1, -0.05) is 42.5 Å². The van der Waals surface area contributed by atoms with Crippen molar-refractivity contribution >= 4 is 5.97 Å². The molecule has 0 aliphatic heterocycles. The summed E-state index contributed by atoms with van der Waals surface area (Å²) in [5.74, 6) is 2.18. The molecule has 0 heterocycles. The summed E-state index contributed by atoms with van der Waals surface area (Å²) in [5, 5.41) is 0. The largest absolute Gasteiger partial charge is 0.493 e. The van der Waals surface area contributed by atoms with E-state index in [2.05, 4.69) is 0 Å². The zero-order valence-electron chi connectivity index (χ0n) is 16.6. The van der Waals surface area contributed by atoms with Crippen LogP contribution in [0.3, 0.4) is 0 Å². The van der Waals surface area contributed by atoms with E-state index in [9.17, 15) is 4.79 Å². The molecule has 0 saturated carbocycles. The Morgan fingerprint density at radius 3 is 2.21 bits per heavy atom. The maximum Gasteiger partial charge on any atom is 0.311 e. The van der Waals surface area contributed by atoms with Gasteiger partial charge in [-0.05, 0) is 47.9 Å². The highest BCUT2D eigenvalue weighted by Gasteiger charge is 2.12. The Morgan fingerprint density at radius 1 is 0.793 bits per heavy atom. The summed E-state index contributed by atoms with van der Waals surface area (Å²) in [7, 11) is 3.17. The number of esters is 1. The number of hydrogen-bond donors (Lipinski definition) is 0. The number of para-hydroxylation sites is 1. The molecule has 0 N–H and O–H groups in total. The van der Waals surface area contributed by atoms with E-state index in [0.29, 0.717) is 30.3 Å². The fourth-order valence-electron chi connectivity index (χ4n) is 2.91. The van der Waals surface area contributed by atoms with Crippen LogP contribution < -0.4 is 18.9 Å². The van der Waals surface area contributed by atoms with Crippen molar-refractivity contribution in [2.75, 3.05) is 14.2 Å². The molecule has 150 valence electrons. The average molecular weight is 392 g/mol. The summed E-state index contributed by atoms with van der Waals surface area (Å²) in [5.41, 5.74) is 1.99. The third-order valence-corrected chi connectivity index (χ3v) is 4.39. The minimum Gasteiger partial charge on any atom is -0.493 e. The lowest BCUT2D eigenvalue weighted by Crippen LogP contribution is -2.09. The standard InChI is InChI=1S/C24H24O5/c1-26-22-10-6-9-19(24(22)27-2)11-16-23(25)29-21-14-12-20(13-15-21)28-17-18-7-4-3-5-8-18/h3-10,12-15H,11,16-17H2,1-2H3. The van der Waals surface area contributed by atoms with Gasteiger partial charge in [0.25, 0.3) is 0 Å². The van der Waals surface area contributed by atoms with Gasteiger partial charge in [0.1, 0.15) is 18.1 Å². The molecule has 3 rings (SSSR count). The molecule has 0 fully saturated rings. The third-order valence-electron chi connectivity index (χ3n) is 4.39. The Morgan fingerprint density at radius 2 is 1.52 bits per heavy atom. The molecule has 29 heavy (non-hydrogen) atoms. The molecular weight excluding hydrogens is 368 g/mol. The van der Waals surface area contributed by atoms with Crippen molar-refractivity contribution < 1.29 is 23.7 Å². The molecule has 0 aliphatic rings. The number of carbonyl (C=O) groups is 1. The highest BCUT2D eigenvalue weighted by molar-refractivity contribution is 5.73. The minimum atomic E-state index is -0.312. The lowest BCUT2D eigenvalue weighted by molar-refractivity contribution is -0.134. The molecule has 0 spiro atoms. The highest BCUT2D eigenvalue weighted by atomic mass is 16.5. The lowest BCUT2D eigenvalue weighted by atomic mass is 10.1. The second kappa shape index (κ2) is 10.2. The van der Waals surface area contributed by atoms with Crippen LogP contribution in [-0.2, 0) is 17.8 Å². The predicted molar refractivity (Wildman–Crippen MR) is 111 cm³/mol. The maximum atomic E-state index is 12.2. The average Bonchev–Trinajstić information content (AvgIpc) is 2.77. The lowest BCUT2D eigenvalue weighted by Gasteiger charge is -2.12. The number of hydrogen-bond acceptors (Lipinski definition) is 5. The van der Waals surface area contributed by atoms with Gasteiger partial charge in [-0.2, -0.15) is 0 Å². The van der Waals surface area contributed by atoms with Crippen molar-refractivity contribution in [1.29, 1.82) is 0 Å². The van der Waals surface area contributed by atoms with Crippen molar-refractivity contribution in [3.63, 3.8) is 0 Å². The first-order valence-corrected chi connectivity index (χ1v) is 9.37. The van der Waals surface area contributed by atoms with Crippen molar-refractivity contribution in [3.8, 4) is 23.0 Å². The van der Waals surface area contributed by atoms with Crippen molar-refractivity contribution in [2.45, 2.75) is 19.4 Å². The van der Waals surface area contributed by atoms with Crippen LogP contribution in [0.1, 0.15) is 17.5 Å². The normalized spacial score (nSPS) is 10.3. The van der Waals surface area contributed by atoms with Gasteiger partial charge in [-0.15, -0.1) is 0 Å². The summed E-state index contributed by atoms with van der Waals surface area (Å²) < 4.78 is 21.8. The fourth-order valence-corrected chi connectivity index (χ4v) is 2.91. The maximum absolute atomic E-state index is 12.2. The Bertz CT molecular complexity index is 920. The van der Waals surface area contributed by atoms with Crippen LogP contribution in [0.15, 0.2) is 72.8 Å². The summed E-state index contributed by atoms with van der Waals surface area (Å²) in [6.07, 6.45) is 0.729. The van der Waals surface area contributed by atoms with Crippen LogP contribution in [0.2, 0.25) is 0 Å². The quantitative estimate of drug-likeness (QED) is 0.386. The van der Waals surface area contributed by atoms with Crippen LogP contribution in [0.25, 0.3) is 0 Å². The van der Waals surface area contributed by atoms with Crippen molar-refractivity contribution in [2.24, 2.45) is 0 Å². The van der Waals surface area contributed by atoms with E-state index in [1.807, 2.05) is 48.5 Å². The number of ether oxygens (including phenoxy) is 4. The number of carbonyl (C=O) groups excluding carboxylic acids is 1. The van der Waals surface area contributed by atoms with Crippen molar-refractivity contribution in [1.82, 2.24) is 0 Å². The molecule has 0 aliphatic carbocycles. The van der Waals surface area contributed by atoms with E-state index in [1.54, 1.807) is 38.5 Å². The second-order valence-corrected chi connectivity index (χ2v) is 6.37. The van der Waals surface area contributed by atoms with Crippen LogP contribution in [-0.4, -0.2) is 20.2 Å². The van der Waals surface area contributed by atoms with Gasteiger partial charge in [0.05, 0.1) is 20.6 Å². The van der Waals surface area contributed by atoms with Crippen LogP contribution in [0.4, 0.5) is 0 Å². The Balaban J connectivity index is 1.51. The van der Waals surface area contributed by atoms with E-state index >= 15 is 0 Å². The highest BCUT2D eigenvalue weighted by Crippen LogP contribution is 2.31. The summed E-state index contributed by atoms with van der Waals surface area (Å²) in [4.78, 5) is 12.2. The molecule has 5 heteroatoms. The van der Waals surface area contributed by atoms with Gasteiger partial charge in [-0.25, -0.2) is 0 Å². The summed E-state index contributed by atoms with van der Waals surface area (Å²) in [6, 6.07) is 22.6. The molecular formula is C24H24O5. The topological polar surface area (TPSA) is 54.0 Å². The molecule has 0 bridgehead atoms. The van der Waals surface area contributed by atoms with E-state index in [4.69, 9.17) is 18.9 Å². The van der Waals surface area contributed by atoms with E-state index in [-0.39, 0.29) is 12.4 Å². The second-order valence-electron chi connectivity index (χ2n) is 6.37. The minimum absolute atomic E-state index is 0.232. The SMILES string of the molecule is COc1cccc(CCC(=O)Oc2ccc(OCc3ccccc3)cc2)c1OC. The Labute approximate surface area is 170 Å². The molecule has 0 amide bonds. The third kappa shape index (κ3) is 5.75. The van der Waals surface area contributed by atoms with E-state index in [0.717, 1.165) is 16.9 Å².